The van der Waals surface area contributed by atoms with Crippen molar-refractivity contribution in [2.45, 2.75) is 58.3 Å². The standard InChI is InChI=1S/C24H30N4O/c1-15-17(14-28(3)27-15)13-25-26-23-9-8-22-21-6-4-16-12-18(29)5-7-19(16)20(21)10-11-24(22,23)2/h5,7,12-14,20-22,29H,4,6,8-11H2,1-3H3/b25-13+,26-23+. The number of rotatable bonds is 2. The molecule has 5 rings (SSSR count). The number of fused-ring (bicyclic) bond motifs is 5. The minimum absolute atomic E-state index is 0.177. The van der Waals surface area contributed by atoms with Crippen LogP contribution in [0.5, 0.6) is 5.75 Å². The summed E-state index contributed by atoms with van der Waals surface area (Å²) in [7, 11) is 1.93. The number of aryl methyl sites for hydroxylation is 3. The third-order valence-electron chi connectivity index (χ3n) is 7.88. The lowest BCUT2D eigenvalue weighted by Crippen LogP contribution is -2.42. The Balaban J connectivity index is 1.39. The molecule has 5 nitrogen and oxygen atoms in total. The van der Waals surface area contributed by atoms with E-state index in [0.29, 0.717) is 17.6 Å². The minimum Gasteiger partial charge on any atom is -0.508 e. The van der Waals surface area contributed by atoms with E-state index in [1.54, 1.807) is 0 Å². The van der Waals surface area contributed by atoms with Crippen LogP contribution in [-0.4, -0.2) is 26.8 Å². The smallest absolute Gasteiger partial charge is 0.115 e. The third kappa shape index (κ3) is 3.02. The molecule has 1 aromatic carbocycles. The fourth-order valence-electron chi connectivity index (χ4n) is 6.43. The highest BCUT2D eigenvalue weighted by molar-refractivity contribution is 5.93. The molecule has 0 bridgehead atoms. The molecule has 29 heavy (non-hydrogen) atoms. The molecule has 0 radical (unpaired) electrons. The van der Waals surface area contributed by atoms with E-state index in [1.165, 1.54) is 42.5 Å². The summed E-state index contributed by atoms with van der Waals surface area (Å²) in [6.07, 6.45) is 10.8. The Kier molecular flexibility index (Phi) is 4.37. The van der Waals surface area contributed by atoms with Crippen molar-refractivity contribution >= 4 is 11.9 Å². The molecule has 4 unspecified atom stereocenters. The quantitative estimate of drug-likeness (QED) is 0.593. The summed E-state index contributed by atoms with van der Waals surface area (Å²) in [6, 6.07) is 6.02. The maximum atomic E-state index is 9.86. The van der Waals surface area contributed by atoms with Crippen LogP contribution in [0.2, 0.25) is 0 Å². The van der Waals surface area contributed by atoms with Crippen molar-refractivity contribution in [2.24, 2.45) is 34.5 Å². The van der Waals surface area contributed by atoms with Crippen LogP contribution in [-0.2, 0) is 13.5 Å². The lowest BCUT2D eigenvalue weighted by atomic mass is 9.55. The van der Waals surface area contributed by atoms with E-state index in [-0.39, 0.29) is 5.41 Å². The van der Waals surface area contributed by atoms with Gasteiger partial charge in [-0.15, -0.1) is 0 Å². The van der Waals surface area contributed by atoms with Crippen molar-refractivity contribution in [1.82, 2.24) is 9.78 Å². The molecule has 3 aliphatic carbocycles. The second kappa shape index (κ2) is 6.82. The third-order valence-corrected chi connectivity index (χ3v) is 7.88. The van der Waals surface area contributed by atoms with Crippen LogP contribution in [0, 0.1) is 24.2 Å². The van der Waals surface area contributed by atoms with Gasteiger partial charge in [0.2, 0.25) is 0 Å². The van der Waals surface area contributed by atoms with E-state index in [0.717, 1.165) is 30.0 Å². The van der Waals surface area contributed by atoms with E-state index in [9.17, 15) is 5.11 Å². The Hall–Kier alpha value is -2.43. The van der Waals surface area contributed by atoms with Gasteiger partial charge in [0.25, 0.3) is 0 Å². The fourth-order valence-corrected chi connectivity index (χ4v) is 6.43. The van der Waals surface area contributed by atoms with Gasteiger partial charge in [0, 0.05) is 29.9 Å². The van der Waals surface area contributed by atoms with Gasteiger partial charge in [-0.3, -0.25) is 4.68 Å². The molecule has 2 fully saturated rings. The van der Waals surface area contributed by atoms with E-state index < -0.39 is 0 Å². The maximum absolute atomic E-state index is 9.86. The fraction of sp³-hybridized carbons (Fsp3) is 0.542. The predicted molar refractivity (Wildman–Crippen MR) is 116 cm³/mol. The summed E-state index contributed by atoms with van der Waals surface area (Å²) < 4.78 is 1.82. The molecular formula is C24H30N4O. The first-order valence-corrected chi connectivity index (χ1v) is 10.9. The first kappa shape index (κ1) is 18.6. The van der Waals surface area contributed by atoms with Crippen LogP contribution in [0.25, 0.3) is 0 Å². The molecule has 2 saturated carbocycles. The van der Waals surface area contributed by atoms with Crippen molar-refractivity contribution in [2.75, 3.05) is 0 Å². The number of aromatic hydroxyl groups is 1. The molecule has 1 heterocycles. The molecular weight excluding hydrogens is 360 g/mol. The minimum atomic E-state index is 0.177. The molecule has 1 N–H and O–H groups in total. The summed E-state index contributed by atoms with van der Waals surface area (Å²) in [5.74, 6) is 2.46. The summed E-state index contributed by atoms with van der Waals surface area (Å²) >= 11 is 0. The van der Waals surface area contributed by atoms with Crippen molar-refractivity contribution in [3.63, 3.8) is 0 Å². The number of nitrogens with zero attached hydrogens (tertiary/aromatic N) is 4. The molecule has 4 atom stereocenters. The SMILES string of the molecule is Cc1nn(C)cc1/C=N/N=C1\CCC2C3CCc4cc(O)ccc4C3CCC12C. The van der Waals surface area contributed by atoms with E-state index in [2.05, 4.69) is 23.2 Å². The molecule has 5 heteroatoms. The maximum Gasteiger partial charge on any atom is 0.115 e. The first-order chi connectivity index (χ1) is 14.0. The lowest BCUT2D eigenvalue weighted by Gasteiger charge is -2.49. The number of hydrogen-bond acceptors (Lipinski definition) is 4. The van der Waals surface area contributed by atoms with Crippen LogP contribution in [0.4, 0.5) is 0 Å². The largest absolute Gasteiger partial charge is 0.508 e. The number of phenols is 1. The number of hydrogen-bond donors (Lipinski definition) is 1. The average molecular weight is 391 g/mol. The number of aromatic nitrogens is 2. The molecule has 2 aromatic rings. The zero-order valence-corrected chi connectivity index (χ0v) is 17.6. The second-order valence-corrected chi connectivity index (χ2v) is 9.43. The van der Waals surface area contributed by atoms with Crippen molar-refractivity contribution in [3.05, 3.63) is 46.8 Å². The molecule has 1 aromatic heterocycles. The number of phenolic OH excluding ortho intramolecular Hbond substituents is 1. The van der Waals surface area contributed by atoms with Crippen LogP contribution in [0.1, 0.15) is 67.3 Å². The molecule has 3 aliphatic rings. The van der Waals surface area contributed by atoms with E-state index in [1.807, 2.05) is 43.2 Å². The summed E-state index contributed by atoms with van der Waals surface area (Å²) in [5.41, 5.74) is 6.33. The average Bonchev–Trinajstić information content (AvgIpc) is 3.19. The van der Waals surface area contributed by atoms with Gasteiger partial charge in [-0.25, -0.2) is 0 Å². The van der Waals surface area contributed by atoms with Crippen LogP contribution < -0.4 is 0 Å². The Morgan fingerprint density at radius 2 is 2.10 bits per heavy atom. The van der Waals surface area contributed by atoms with Gasteiger partial charge >= 0.3 is 0 Å². The Morgan fingerprint density at radius 3 is 2.90 bits per heavy atom. The monoisotopic (exact) mass is 390 g/mol. The van der Waals surface area contributed by atoms with Gasteiger partial charge in [0.1, 0.15) is 5.75 Å². The van der Waals surface area contributed by atoms with Crippen molar-refractivity contribution < 1.29 is 5.11 Å². The van der Waals surface area contributed by atoms with Gasteiger partial charge < -0.3 is 5.11 Å². The second-order valence-electron chi connectivity index (χ2n) is 9.43. The molecule has 0 spiro atoms. The number of benzene rings is 1. The van der Waals surface area contributed by atoms with Crippen LogP contribution in [0.3, 0.4) is 0 Å². The zero-order valence-electron chi connectivity index (χ0n) is 17.6. The lowest BCUT2D eigenvalue weighted by molar-refractivity contribution is 0.0955. The van der Waals surface area contributed by atoms with Gasteiger partial charge in [-0.05, 0) is 86.5 Å². The van der Waals surface area contributed by atoms with Crippen molar-refractivity contribution in [1.29, 1.82) is 0 Å². The van der Waals surface area contributed by atoms with E-state index in [4.69, 9.17) is 5.10 Å². The highest BCUT2D eigenvalue weighted by Gasteiger charge is 2.53. The predicted octanol–water partition coefficient (Wildman–Crippen LogP) is 4.77. The Bertz CT molecular complexity index is 1000. The van der Waals surface area contributed by atoms with Gasteiger partial charge in [0.05, 0.1) is 11.9 Å². The molecule has 0 aliphatic heterocycles. The van der Waals surface area contributed by atoms with Gasteiger partial charge in [-0.2, -0.15) is 15.3 Å². The normalized spacial score (nSPS) is 32.4. The van der Waals surface area contributed by atoms with Gasteiger partial charge in [-0.1, -0.05) is 13.0 Å². The van der Waals surface area contributed by atoms with Gasteiger partial charge in [0.15, 0.2) is 0 Å². The Labute approximate surface area is 172 Å². The van der Waals surface area contributed by atoms with Crippen LogP contribution >= 0.6 is 0 Å². The van der Waals surface area contributed by atoms with Crippen LogP contribution in [0.15, 0.2) is 34.6 Å². The first-order valence-electron chi connectivity index (χ1n) is 10.9. The summed E-state index contributed by atoms with van der Waals surface area (Å²) in [4.78, 5) is 0. The summed E-state index contributed by atoms with van der Waals surface area (Å²) in [6.45, 7) is 4.43. The highest BCUT2D eigenvalue weighted by Crippen LogP contribution is 2.60. The summed E-state index contributed by atoms with van der Waals surface area (Å²) in [5, 5.41) is 23.4. The molecule has 152 valence electrons. The highest BCUT2D eigenvalue weighted by atomic mass is 16.3. The topological polar surface area (TPSA) is 62.8 Å². The Morgan fingerprint density at radius 1 is 1.24 bits per heavy atom. The van der Waals surface area contributed by atoms with E-state index >= 15 is 0 Å². The zero-order chi connectivity index (χ0) is 20.2. The van der Waals surface area contributed by atoms with Crippen molar-refractivity contribution in [3.8, 4) is 5.75 Å². The molecule has 0 saturated heterocycles. The molecule has 0 amide bonds.